The molecule has 2 atom stereocenters. The smallest absolute Gasteiger partial charge is 0.413 e. The largest absolute Gasteiger partial charge is 0.480 e. The van der Waals surface area contributed by atoms with Gasteiger partial charge in [-0.25, -0.2) is 14.5 Å². The van der Waals surface area contributed by atoms with Crippen LogP contribution < -0.4 is 11.1 Å². The first-order chi connectivity index (χ1) is 18.4. The minimum absolute atomic E-state index is 0.0317. The van der Waals surface area contributed by atoms with Crippen LogP contribution >= 0.6 is 11.8 Å². The van der Waals surface area contributed by atoms with E-state index in [1.54, 1.807) is 6.92 Å². The van der Waals surface area contributed by atoms with Crippen LogP contribution in [0.1, 0.15) is 25.3 Å². The Balaban J connectivity index is 2.88. The molecule has 2 unspecified atom stereocenters. The minimum atomic E-state index is -1.56. The molecule has 0 fully saturated rings. The SMILES string of the molecule is CCOC(=O)C(CSCC(NC(=O)CCC(N)C(=O)O)C(=O)N(C)C(=O)O)=NOCc1ccc([N+](=O)[O-])cc1. The van der Waals surface area contributed by atoms with Gasteiger partial charge < -0.3 is 30.8 Å². The lowest BCUT2D eigenvalue weighted by Gasteiger charge is -2.21. The van der Waals surface area contributed by atoms with Gasteiger partial charge in [-0.15, -0.1) is 0 Å². The van der Waals surface area contributed by atoms with Crippen LogP contribution in [-0.2, 0) is 35.4 Å². The van der Waals surface area contributed by atoms with Crippen molar-refractivity contribution in [3.05, 3.63) is 39.9 Å². The third-order valence-electron chi connectivity index (χ3n) is 4.84. The second kappa shape index (κ2) is 16.6. The molecule has 0 aliphatic rings. The Morgan fingerprint density at radius 3 is 2.38 bits per heavy atom. The fourth-order valence-corrected chi connectivity index (χ4v) is 3.63. The van der Waals surface area contributed by atoms with Gasteiger partial charge in [0.15, 0.2) is 5.71 Å². The van der Waals surface area contributed by atoms with E-state index >= 15 is 0 Å². The van der Waals surface area contributed by atoms with E-state index in [9.17, 15) is 34.1 Å². The monoisotopic (exact) mass is 571 g/mol. The zero-order valence-corrected chi connectivity index (χ0v) is 21.9. The predicted octanol–water partition coefficient (Wildman–Crippen LogP) is 0.577. The van der Waals surface area contributed by atoms with Gasteiger partial charge in [-0.3, -0.25) is 24.5 Å². The quantitative estimate of drug-likeness (QED) is 0.0919. The molecule has 17 heteroatoms. The molecule has 0 bridgehead atoms. The third-order valence-corrected chi connectivity index (χ3v) is 5.88. The van der Waals surface area contributed by atoms with E-state index in [1.807, 2.05) is 0 Å². The van der Waals surface area contributed by atoms with E-state index in [0.29, 0.717) is 10.5 Å². The number of thioether (sulfide) groups is 1. The number of esters is 1. The van der Waals surface area contributed by atoms with E-state index in [2.05, 4.69) is 10.5 Å². The molecule has 5 N–H and O–H groups in total. The number of carboxylic acid groups (broad SMARTS) is 2. The van der Waals surface area contributed by atoms with Crippen LogP contribution in [0.25, 0.3) is 0 Å². The van der Waals surface area contributed by atoms with Crippen molar-refractivity contribution in [3.8, 4) is 0 Å². The van der Waals surface area contributed by atoms with Crippen LogP contribution in [0.15, 0.2) is 29.4 Å². The number of hydrogen-bond acceptors (Lipinski definition) is 12. The molecular weight excluding hydrogens is 542 g/mol. The lowest BCUT2D eigenvalue weighted by Crippen LogP contribution is -2.50. The molecule has 0 aliphatic heterocycles. The van der Waals surface area contributed by atoms with E-state index in [-0.39, 0.29) is 49.0 Å². The van der Waals surface area contributed by atoms with Crippen molar-refractivity contribution in [2.75, 3.05) is 25.2 Å². The summed E-state index contributed by atoms with van der Waals surface area (Å²) in [6, 6.07) is 2.82. The van der Waals surface area contributed by atoms with Gasteiger partial charge in [0.05, 0.1) is 11.5 Å². The number of aliphatic carboxylic acids is 1. The van der Waals surface area contributed by atoms with Gasteiger partial charge in [-0.05, 0) is 31.0 Å². The second-order valence-corrected chi connectivity index (χ2v) is 8.78. The number of benzene rings is 1. The maximum absolute atomic E-state index is 12.6. The van der Waals surface area contributed by atoms with E-state index in [4.69, 9.17) is 25.5 Å². The minimum Gasteiger partial charge on any atom is -0.480 e. The number of oxime groups is 1. The zero-order chi connectivity index (χ0) is 29.5. The van der Waals surface area contributed by atoms with Crippen molar-refractivity contribution in [2.24, 2.45) is 10.9 Å². The molecule has 1 rings (SSSR count). The van der Waals surface area contributed by atoms with Crippen LogP contribution in [0.3, 0.4) is 0 Å². The summed E-state index contributed by atoms with van der Waals surface area (Å²) in [7, 11) is 0.992. The number of carbonyl (C=O) groups excluding carboxylic acids is 3. The summed E-state index contributed by atoms with van der Waals surface area (Å²) in [5.41, 5.74) is 5.62. The summed E-state index contributed by atoms with van der Waals surface area (Å²) < 4.78 is 4.94. The van der Waals surface area contributed by atoms with Gasteiger partial charge in [0.1, 0.15) is 18.7 Å². The fourth-order valence-electron chi connectivity index (χ4n) is 2.69. The molecule has 1 aromatic carbocycles. The topological polar surface area (TPSA) is 241 Å². The number of imide groups is 1. The Morgan fingerprint density at radius 2 is 1.85 bits per heavy atom. The highest BCUT2D eigenvalue weighted by Crippen LogP contribution is 2.13. The second-order valence-electron chi connectivity index (χ2n) is 7.75. The average Bonchev–Trinajstić information content (AvgIpc) is 2.89. The standard InChI is InChI=1S/C22H29N5O11S/c1-3-37-21(32)17(25-38-10-13-4-6-14(7-5-13)27(35)36)12-39-11-16(19(29)26(2)22(33)34)24-18(28)9-8-15(23)20(30)31/h4-7,15-16H,3,8-12,23H2,1-2H3,(H,24,28)(H,30,31)(H,33,34). The van der Waals surface area contributed by atoms with Crippen molar-refractivity contribution >= 4 is 53.0 Å². The van der Waals surface area contributed by atoms with Crippen molar-refractivity contribution in [2.45, 2.75) is 38.5 Å². The molecular formula is C22H29N5O11S. The Labute approximate surface area is 226 Å². The number of nitrogens with zero attached hydrogens (tertiary/aromatic N) is 3. The highest BCUT2D eigenvalue weighted by molar-refractivity contribution is 8.00. The molecule has 16 nitrogen and oxygen atoms in total. The number of nitro groups is 1. The summed E-state index contributed by atoms with van der Waals surface area (Å²) >= 11 is 0.943. The molecule has 0 radical (unpaired) electrons. The van der Waals surface area contributed by atoms with Gasteiger partial charge in [0.2, 0.25) is 5.91 Å². The number of nitro benzene ring substituents is 1. The van der Waals surface area contributed by atoms with E-state index in [1.165, 1.54) is 24.3 Å². The van der Waals surface area contributed by atoms with Crippen LogP contribution in [-0.4, -0.2) is 92.8 Å². The zero-order valence-electron chi connectivity index (χ0n) is 21.1. The normalized spacial score (nSPS) is 12.5. The number of carboxylic acids is 1. The van der Waals surface area contributed by atoms with Gasteiger partial charge in [-0.1, -0.05) is 5.16 Å². The third kappa shape index (κ3) is 11.8. The summed E-state index contributed by atoms with van der Waals surface area (Å²) in [4.78, 5) is 75.0. The molecule has 0 aromatic heterocycles. The summed E-state index contributed by atoms with van der Waals surface area (Å²) in [5, 5.41) is 34.8. The molecule has 214 valence electrons. The molecule has 0 saturated heterocycles. The number of non-ortho nitro benzene ring substituents is 1. The Kier molecular flexibility index (Phi) is 13.9. The Morgan fingerprint density at radius 1 is 1.21 bits per heavy atom. The van der Waals surface area contributed by atoms with Gasteiger partial charge >= 0.3 is 18.0 Å². The molecule has 39 heavy (non-hydrogen) atoms. The highest BCUT2D eigenvalue weighted by atomic mass is 32.2. The Bertz CT molecular complexity index is 1080. The number of carbonyl (C=O) groups is 5. The van der Waals surface area contributed by atoms with Crippen LogP contribution in [0, 0.1) is 10.1 Å². The summed E-state index contributed by atoms with van der Waals surface area (Å²) in [6.07, 6.45) is -2.11. The lowest BCUT2D eigenvalue weighted by atomic mass is 10.1. The molecule has 1 aromatic rings. The average molecular weight is 572 g/mol. The molecule has 0 heterocycles. The first-order valence-corrected chi connectivity index (χ1v) is 12.5. The predicted molar refractivity (Wildman–Crippen MR) is 137 cm³/mol. The number of likely N-dealkylation sites (N-methyl/N-ethyl adjacent to an activating group) is 1. The van der Waals surface area contributed by atoms with E-state index < -0.39 is 46.9 Å². The first-order valence-electron chi connectivity index (χ1n) is 11.3. The number of ether oxygens (including phenoxy) is 1. The number of hydrogen-bond donors (Lipinski definition) is 4. The van der Waals surface area contributed by atoms with E-state index in [0.717, 1.165) is 18.8 Å². The van der Waals surface area contributed by atoms with Gasteiger partial charge in [0, 0.05) is 37.1 Å². The maximum Gasteiger partial charge on any atom is 0.413 e. The lowest BCUT2D eigenvalue weighted by molar-refractivity contribution is -0.384. The molecule has 0 spiro atoms. The first kappa shape index (κ1) is 32.8. The number of nitrogens with two attached hydrogens (primary N) is 1. The van der Waals surface area contributed by atoms with Gasteiger partial charge in [0.25, 0.3) is 11.6 Å². The fraction of sp³-hybridized carbons (Fsp3) is 0.455. The number of amides is 3. The van der Waals surface area contributed by atoms with Crippen LogP contribution in [0.5, 0.6) is 0 Å². The highest BCUT2D eigenvalue weighted by Gasteiger charge is 2.28. The maximum atomic E-state index is 12.6. The summed E-state index contributed by atoms with van der Waals surface area (Å²) in [5.74, 6) is -4.15. The number of rotatable bonds is 16. The van der Waals surface area contributed by atoms with Crippen molar-refractivity contribution < 1.29 is 48.7 Å². The van der Waals surface area contributed by atoms with Gasteiger partial charge in [-0.2, -0.15) is 11.8 Å². The molecule has 0 saturated carbocycles. The van der Waals surface area contributed by atoms with Crippen LogP contribution in [0.4, 0.5) is 10.5 Å². The van der Waals surface area contributed by atoms with Crippen molar-refractivity contribution in [1.29, 1.82) is 0 Å². The Hall–Kier alpha value is -4.25. The van der Waals surface area contributed by atoms with Crippen LogP contribution in [0.2, 0.25) is 0 Å². The van der Waals surface area contributed by atoms with Crippen molar-refractivity contribution in [3.63, 3.8) is 0 Å². The molecule has 3 amide bonds. The summed E-state index contributed by atoms with van der Waals surface area (Å²) in [6.45, 7) is 1.48. The van der Waals surface area contributed by atoms with Crippen molar-refractivity contribution in [1.82, 2.24) is 10.2 Å². The molecule has 0 aliphatic carbocycles. The number of nitrogens with one attached hydrogen (secondary N) is 1.